The standard InChI is InChI=1S/C81H158O17P2/c1-6-9-12-15-18-21-23-25-26-27-28-29-30-31-32-33-38-42-47-52-57-62-67-81(86)98-77(71-92-79(84)65-60-55-50-45-41-37-35-34-36-39-44-48-53-58-63-74(4)5)73-96-100(89,90)94-69-75(82)68-93-99(87,88)95-72-76(70-91-78(83)64-59-54-49-43-20-17-14-11-8-3)97-80(85)66-61-56-51-46-40-24-22-19-16-13-10-7-2/h74-77,82H,6-73H2,1-5H3,(H,87,88)(H,89,90)/t75-,76+,77+/m0/s1. The third-order valence-electron chi connectivity index (χ3n) is 19.0. The monoisotopic (exact) mass is 1470 g/mol. The predicted molar refractivity (Wildman–Crippen MR) is 409 cm³/mol. The zero-order valence-electron chi connectivity index (χ0n) is 65.3. The second-order valence-corrected chi connectivity index (χ2v) is 32.5. The van der Waals surface area contributed by atoms with Gasteiger partial charge in [0.1, 0.15) is 19.3 Å². The van der Waals surface area contributed by atoms with Crippen molar-refractivity contribution in [2.24, 2.45) is 5.92 Å². The maximum Gasteiger partial charge on any atom is 0.472 e. The van der Waals surface area contributed by atoms with E-state index in [4.69, 9.17) is 37.0 Å². The van der Waals surface area contributed by atoms with E-state index in [1.165, 1.54) is 257 Å². The van der Waals surface area contributed by atoms with Crippen LogP contribution in [0.3, 0.4) is 0 Å². The second kappa shape index (κ2) is 73.9. The SMILES string of the molecule is CCCCCCCCCCCCCCCCCCCCCCCCC(=O)O[C@H](COC(=O)CCCCCCCCCCCCCCCCC(C)C)COP(=O)(O)OC[C@@H](O)COP(=O)(O)OC[C@@H](COC(=O)CCCCCCCCCCC)OC(=O)CCCCCCCCCCCCCC. The Hall–Kier alpha value is -1.94. The summed E-state index contributed by atoms with van der Waals surface area (Å²) in [5, 5.41) is 10.6. The summed E-state index contributed by atoms with van der Waals surface area (Å²) < 4.78 is 68.6. The molecule has 594 valence electrons. The van der Waals surface area contributed by atoms with Gasteiger partial charge in [0.25, 0.3) is 0 Å². The van der Waals surface area contributed by atoms with E-state index < -0.39 is 97.5 Å². The van der Waals surface area contributed by atoms with Crippen LogP contribution in [0.5, 0.6) is 0 Å². The molecule has 0 heterocycles. The molecule has 2 unspecified atom stereocenters. The zero-order valence-corrected chi connectivity index (χ0v) is 67.1. The fourth-order valence-electron chi connectivity index (χ4n) is 12.6. The van der Waals surface area contributed by atoms with Crippen LogP contribution in [-0.4, -0.2) is 96.7 Å². The average molecular weight is 1470 g/mol. The highest BCUT2D eigenvalue weighted by Gasteiger charge is 2.30. The van der Waals surface area contributed by atoms with Gasteiger partial charge in [0.15, 0.2) is 12.2 Å². The lowest BCUT2D eigenvalue weighted by Crippen LogP contribution is -2.30. The molecule has 0 radical (unpaired) electrons. The Bertz CT molecular complexity index is 1910. The summed E-state index contributed by atoms with van der Waals surface area (Å²) >= 11 is 0. The van der Waals surface area contributed by atoms with Crippen molar-refractivity contribution in [2.75, 3.05) is 39.6 Å². The summed E-state index contributed by atoms with van der Waals surface area (Å²) in [5.74, 6) is -1.31. The van der Waals surface area contributed by atoms with Crippen molar-refractivity contribution in [3.8, 4) is 0 Å². The van der Waals surface area contributed by atoms with E-state index in [9.17, 15) is 43.2 Å². The second-order valence-electron chi connectivity index (χ2n) is 29.6. The molecule has 0 saturated carbocycles. The quantitative estimate of drug-likeness (QED) is 0.0222. The third kappa shape index (κ3) is 74.3. The van der Waals surface area contributed by atoms with Gasteiger partial charge in [-0.1, -0.05) is 381 Å². The van der Waals surface area contributed by atoms with Gasteiger partial charge in [-0.05, 0) is 31.6 Å². The van der Waals surface area contributed by atoms with E-state index in [1.807, 2.05) is 0 Å². The fraction of sp³-hybridized carbons (Fsp3) is 0.951. The van der Waals surface area contributed by atoms with E-state index in [0.717, 1.165) is 95.8 Å². The van der Waals surface area contributed by atoms with E-state index in [-0.39, 0.29) is 25.7 Å². The summed E-state index contributed by atoms with van der Waals surface area (Å²) in [6.07, 6.45) is 65.3. The fourth-order valence-corrected chi connectivity index (χ4v) is 14.2. The van der Waals surface area contributed by atoms with Crippen molar-refractivity contribution in [1.29, 1.82) is 0 Å². The summed E-state index contributed by atoms with van der Waals surface area (Å²) in [5.41, 5.74) is 0. The van der Waals surface area contributed by atoms with Crippen molar-refractivity contribution < 1.29 is 80.2 Å². The van der Waals surface area contributed by atoms with Gasteiger partial charge in [0.2, 0.25) is 0 Å². The van der Waals surface area contributed by atoms with E-state index in [2.05, 4.69) is 34.6 Å². The molecule has 0 aliphatic heterocycles. The first-order chi connectivity index (χ1) is 48.5. The van der Waals surface area contributed by atoms with Crippen LogP contribution in [-0.2, 0) is 65.4 Å². The highest BCUT2D eigenvalue weighted by atomic mass is 31.2. The summed E-state index contributed by atoms with van der Waals surface area (Å²) in [6, 6.07) is 0. The number of aliphatic hydroxyl groups excluding tert-OH is 1. The molecular formula is C81H158O17P2. The summed E-state index contributed by atoms with van der Waals surface area (Å²) in [6.45, 7) is 7.33. The lowest BCUT2D eigenvalue weighted by Gasteiger charge is -2.21. The molecule has 0 aromatic carbocycles. The van der Waals surface area contributed by atoms with Crippen LogP contribution in [0.4, 0.5) is 0 Å². The first-order valence-corrected chi connectivity index (χ1v) is 45.1. The molecule has 5 atom stereocenters. The van der Waals surface area contributed by atoms with E-state index in [1.54, 1.807) is 0 Å². The highest BCUT2D eigenvalue weighted by molar-refractivity contribution is 7.47. The molecule has 0 aromatic rings. The highest BCUT2D eigenvalue weighted by Crippen LogP contribution is 2.45. The van der Waals surface area contributed by atoms with Gasteiger partial charge in [-0.2, -0.15) is 0 Å². The van der Waals surface area contributed by atoms with Crippen molar-refractivity contribution >= 4 is 39.5 Å². The third-order valence-corrected chi connectivity index (χ3v) is 20.9. The minimum atomic E-state index is -4.96. The number of phosphoric acid groups is 2. The number of carbonyl (C=O) groups excluding carboxylic acids is 4. The lowest BCUT2D eigenvalue weighted by atomic mass is 10.0. The Morgan fingerprint density at radius 1 is 0.270 bits per heavy atom. The molecule has 3 N–H and O–H groups in total. The van der Waals surface area contributed by atoms with Crippen LogP contribution >= 0.6 is 15.6 Å². The van der Waals surface area contributed by atoms with Crippen LogP contribution in [0.15, 0.2) is 0 Å². The van der Waals surface area contributed by atoms with Crippen LogP contribution in [0.1, 0.15) is 433 Å². The Morgan fingerprint density at radius 2 is 0.460 bits per heavy atom. The molecule has 0 aliphatic carbocycles. The van der Waals surface area contributed by atoms with Gasteiger partial charge in [-0.3, -0.25) is 37.3 Å². The molecule has 0 aromatic heterocycles. The van der Waals surface area contributed by atoms with Gasteiger partial charge >= 0.3 is 39.5 Å². The molecule has 0 spiro atoms. The number of aliphatic hydroxyl groups is 1. The van der Waals surface area contributed by atoms with Crippen molar-refractivity contribution in [3.05, 3.63) is 0 Å². The Balaban J connectivity index is 5.18. The van der Waals surface area contributed by atoms with Crippen molar-refractivity contribution in [1.82, 2.24) is 0 Å². The van der Waals surface area contributed by atoms with Gasteiger partial charge in [0, 0.05) is 25.7 Å². The summed E-state index contributed by atoms with van der Waals surface area (Å²) in [4.78, 5) is 72.9. The van der Waals surface area contributed by atoms with Gasteiger partial charge in [0.05, 0.1) is 26.4 Å². The number of esters is 4. The van der Waals surface area contributed by atoms with Gasteiger partial charge in [-0.15, -0.1) is 0 Å². The number of ether oxygens (including phenoxy) is 4. The maximum atomic E-state index is 13.1. The van der Waals surface area contributed by atoms with Crippen LogP contribution < -0.4 is 0 Å². The molecule has 17 nitrogen and oxygen atoms in total. The number of unbranched alkanes of at least 4 members (excludes halogenated alkanes) is 53. The molecular weight excluding hydrogens is 1310 g/mol. The summed E-state index contributed by atoms with van der Waals surface area (Å²) in [7, 11) is -9.91. The Morgan fingerprint density at radius 3 is 0.680 bits per heavy atom. The normalized spacial score (nSPS) is 13.8. The zero-order chi connectivity index (χ0) is 73.4. The Labute approximate surface area is 613 Å². The lowest BCUT2D eigenvalue weighted by molar-refractivity contribution is -0.161. The molecule has 0 saturated heterocycles. The number of phosphoric ester groups is 2. The average Bonchev–Trinajstić information content (AvgIpc) is 0.977. The van der Waals surface area contributed by atoms with Crippen LogP contribution in [0.2, 0.25) is 0 Å². The number of carbonyl (C=O) groups is 4. The molecule has 0 amide bonds. The molecule has 0 aliphatic rings. The first-order valence-electron chi connectivity index (χ1n) is 42.1. The largest absolute Gasteiger partial charge is 0.472 e. The number of rotatable bonds is 81. The molecule has 0 bridgehead atoms. The number of hydrogen-bond acceptors (Lipinski definition) is 15. The number of hydrogen-bond donors (Lipinski definition) is 3. The first kappa shape index (κ1) is 98.1. The van der Waals surface area contributed by atoms with Crippen molar-refractivity contribution in [3.63, 3.8) is 0 Å². The maximum absolute atomic E-state index is 13.1. The Kier molecular flexibility index (Phi) is 72.5. The van der Waals surface area contributed by atoms with E-state index in [0.29, 0.717) is 25.7 Å². The topological polar surface area (TPSA) is 237 Å². The smallest absolute Gasteiger partial charge is 0.462 e. The van der Waals surface area contributed by atoms with Crippen molar-refractivity contribution in [2.45, 2.75) is 451 Å². The molecule has 0 rings (SSSR count). The minimum absolute atomic E-state index is 0.108. The van der Waals surface area contributed by atoms with E-state index >= 15 is 0 Å². The van der Waals surface area contributed by atoms with Crippen LogP contribution in [0.25, 0.3) is 0 Å². The van der Waals surface area contributed by atoms with Gasteiger partial charge in [-0.25, -0.2) is 9.13 Å². The minimum Gasteiger partial charge on any atom is -0.462 e. The molecule has 19 heteroatoms. The predicted octanol–water partition coefficient (Wildman–Crippen LogP) is 24.4. The van der Waals surface area contributed by atoms with Crippen LogP contribution in [0, 0.1) is 5.92 Å². The molecule has 100 heavy (non-hydrogen) atoms. The molecule has 0 fully saturated rings. The van der Waals surface area contributed by atoms with Gasteiger partial charge < -0.3 is 33.8 Å².